The maximum atomic E-state index is 12.5. The molecule has 0 saturated carbocycles. The van der Waals surface area contributed by atoms with Crippen molar-refractivity contribution in [2.45, 2.75) is 32.7 Å². The molecule has 2 amide bonds. The Hall–Kier alpha value is -2.37. The largest absolute Gasteiger partial charge is 0.481 e. The van der Waals surface area contributed by atoms with Gasteiger partial charge in [-0.1, -0.05) is 12.1 Å². The molecule has 1 unspecified atom stereocenters. The van der Waals surface area contributed by atoms with Crippen LogP contribution in [0.2, 0.25) is 0 Å². The van der Waals surface area contributed by atoms with E-state index in [1.165, 1.54) is 0 Å². The number of amides is 2. The van der Waals surface area contributed by atoms with Crippen LogP contribution in [0.25, 0.3) is 0 Å². The summed E-state index contributed by atoms with van der Waals surface area (Å²) in [5.41, 5.74) is 0.700. The second kappa shape index (κ2) is 6.26. The van der Waals surface area contributed by atoms with Crippen molar-refractivity contribution in [1.82, 2.24) is 9.80 Å². The third-order valence-electron chi connectivity index (χ3n) is 5.02. The molecule has 0 radical (unpaired) electrons. The molecule has 2 heterocycles. The van der Waals surface area contributed by atoms with E-state index in [9.17, 15) is 19.5 Å². The summed E-state index contributed by atoms with van der Waals surface area (Å²) < 4.78 is 0. The maximum Gasteiger partial charge on any atom is 0.311 e. The van der Waals surface area contributed by atoms with E-state index in [1.807, 2.05) is 17.0 Å². The molecule has 1 N–H and O–H groups in total. The van der Waals surface area contributed by atoms with Gasteiger partial charge in [-0.05, 0) is 37.5 Å². The summed E-state index contributed by atoms with van der Waals surface area (Å²) in [4.78, 5) is 38.9. The quantitative estimate of drug-likeness (QED) is 0.912. The minimum absolute atomic E-state index is 0.135. The van der Waals surface area contributed by atoms with Crippen LogP contribution < -0.4 is 0 Å². The number of carboxylic acids is 1. The third kappa shape index (κ3) is 3.13. The zero-order valence-electron chi connectivity index (χ0n) is 13.8. The van der Waals surface area contributed by atoms with Gasteiger partial charge < -0.3 is 14.9 Å². The maximum absolute atomic E-state index is 12.5. The molecule has 6 heteroatoms. The highest BCUT2D eigenvalue weighted by Crippen LogP contribution is 2.31. The standard InChI is InChI=1S/C18H22N2O4/c1-18(17(23)24)8-10-20(12-18)16(22)14-6-4-13(5-7-14)11-19-9-2-3-15(19)21/h4-7H,2-3,8-12H2,1H3,(H,23,24). The lowest BCUT2D eigenvalue weighted by Gasteiger charge is -2.20. The lowest BCUT2D eigenvalue weighted by molar-refractivity contribution is -0.147. The fourth-order valence-electron chi connectivity index (χ4n) is 3.34. The summed E-state index contributed by atoms with van der Waals surface area (Å²) >= 11 is 0. The van der Waals surface area contributed by atoms with Gasteiger partial charge in [0.15, 0.2) is 0 Å². The minimum Gasteiger partial charge on any atom is -0.481 e. The second-order valence-electron chi connectivity index (χ2n) is 6.96. The number of rotatable bonds is 4. The predicted molar refractivity (Wildman–Crippen MR) is 87.4 cm³/mol. The number of carbonyl (C=O) groups is 3. The lowest BCUT2D eigenvalue weighted by Crippen LogP contribution is -2.34. The molecule has 0 aliphatic carbocycles. The van der Waals surface area contributed by atoms with Crippen LogP contribution >= 0.6 is 0 Å². The van der Waals surface area contributed by atoms with Gasteiger partial charge in [0.05, 0.1) is 5.41 Å². The van der Waals surface area contributed by atoms with Crippen LogP contribution in [0, 0.1) is 5.41 Å². The van der Waals surface area contributed by atoms with Crippen LogP contribution in [0.5, 0.6) is 0 Å². The van der Waals surface area contributed by atoms with E-state index in [1.54, 1.807) is 24.0 Å². The van der Waals surface area contributed by atoms with Gasteiger partial charge in [0, 0.05) is 38.2 Å². The van der Waals surface area contributed by atoms with Gasteiger partial charge in [0.25, 0.3) is 5.91 Å². The van der Waals surface area contributed by atoms with Crippen molar-refractivity contribution < 1.29 is 19.5 Å². The highest BCUT2D eigenvalue weighted by Gasteiger charge is 2.42. The molecule has 2 saturated heterocycles. The predicted octanol–water partition coefficient (Wildman–Crippen LogP) is 1.75. The Morgan fingerprint density at radius 1 is 1.21 bits per heavy atom. The fraction of sp³-hybridized carbons (Fsp3) is 0.500. The lowest BCUT2D eigenvalue weighted by atomic mass is 9.90. The number of nitrogens with zero attached hydrogens (tertiary/aromatic N) is 2. The van der Waals surface area contributed by atoms with E-state index < -0.39 is 11.4 Å². The first kappa shape index (κ1) is 16.5. The Kier molecular flexibility index (Phi) is 4.30. The molecule has 1 atom stereocenters. The Morgan fingerprint density at radius 2 is 1.92 bits per heavy atom. The number of likely N-dealkylation sites (tertiary alicyclic amines) is 2. The van der Waals surface area contributed by atoms with Gasteiger partial charge in [-0.15, -0.1) is 0 Å². The van der Waals surface area contributed by atoms with Crippen molar-refractivity contribution in [1.29, 1.82) is 0 Å². The Labute approximate surface area is 141 Å². The van der Waals surface area contributed by atoms with E-state index in [2.05, 4.69) is 0 Å². The van der Waals surface area contributed by atoms with Crippen LogP contribution in [0.3, 0.4) is 0 Å². The first-order valence-corrected chi connectivity index (χ1v) is 8.28. The molecule has 2 aliphatic heterocycles. The number of carboxylic acid groups (broad SMARTS) is 1. The minimum atomic E-state index is -0.858. The van der Waals surface area contributed by atoms with Crippen molar-refractivity contribution in [2.75, 3.05) is 19.6 Å². The molecule has 24 heavy (non-hydrogen) atoms. The van der Waals surface area contributed by atoms with Crippen molar-refractivity contribution >= 4 is 17.8 Å². The van der Waals surface area contributed by atoms with Crippen LogP contribution in [-0.2, 0) is 16.1 Å². The number of benzene rings is 1. The topological polar surface area (TPSA) is 77.9 Å². The zero-order valence-corrected chi connectivity index (χ0v) is 13.8. The Balaban J connectivity index is 1.64. The molecular weight excluding hydrogens is 308 g/mol. The molecule has 2 aliphatic rings. The molecule has 128 valence electrons. The highest BCUT2D eigenvalue weighted by molar-refractivity contribution is 5.95. The second-order valence-corrected chi connectivity index (χ2v) is 6.96. The van der Waals surface area contributed by atoms with Crippen LogP contribution in [0.1, 0.15) is 42.1 Å². The molecule has 1 aromatic carbocycles. The van der Waals surface area contributed by atoms with E-state index in [0.29, 0.717) is 31.5 Å². The number of aliphatic carboxylic acids is 1. The molecule has 0 spiro atoms. The van der Waals surface area contributed by atoms with Gasteiger partial charge in [0.1, 0.15) is 0 Å². The Bertz CT molecular complexity index is 670. The molecule has 2 fully saturated rings. The summed E-state index contributed by atoms with van der Waals surface area (Å²) in [6.07, 6.45) is 2.00. The summed E-state index contributed by atoms with van der Waals surface area (Å²) in [5.74, 6) is -0.813. The molecule has 3 rings (SSSR count). The van der Waals surface area contributed by atoms with Crippen LogP contribution in [-0.4, -0.2) is 52.3 Å². The van der Waals surface area contributed by atoms with E-state index in [0.717, 1.165) is 18.5 Å². The average Bonchev–Trinajstić information content (AvgIpc) is 3.15. The smallest absolute Gasteiger partial charge is 0.311 e. The van der Waals surface area contributed by atoms with E-state index >= 15 is 0 Å². The summed E-state index contributed by atoms with van der Waals surface area (Å²) in [5, 5.41) is 9.27. The summed E-state index contributed by atoms with van der Waals surface area (Å²) in [7, 11) is 0. The normalized spacial score (nSPS) is 23.8. The monoisotopic (exact) mass is 330 g/mol. The van der Waals surface area contributed by atoms with Crippen molar-refractivity contribution in [3.05, 3.63) is 35.4 Å². The summed E-state index contributed by atoms with van der Waals surface area (Å²) in [6.45, 7) is 3.75. The van der Waals surface area contributed by atoms with Gasteiger partial charge in [-0.2, -0.15) is 0 Å². The fourth-order valence-corrected chi connectivity index (χ4v) is 3.34. The number of hydrogen-bond acceptors (Lipinski definition) is 3. The molecule has 0 bridgehead atoms. The van der Waals surface area contributed by atoms with Crippen molar-refractivity contribution in [3.63, 3.8) is 0 Å². The number of hydrogen-bond donors (Lipinski definition) is 1. The van der Waals surface area contributed by atoms with E-state index in [4.69, 9.17) is 0 Å². The zero-order chi connectivity index (χ0) is 17.3. The van der Waals surface area contributed by atoms with Crippen LogP contribution in [0.15, 0.2) is 24.3 Å². The van der Waals surface area contributed by atoms with Gasteiger partial charge in [0.2, 0.25) is 5.91 Å². The number of carbonyl (C=O) groups excluding carboxylic acids is 2. The van der Waals surface area contributed by atoms with Gasteiger partial charge in [-0.25, -0.2) is 0 Å². The first-order valence-electron chi connectivity index (χ1n) is 8.28. The molecular formula is C18H22N2O4. The van der Waals surface area contributed by atoms with Gasteiger partial charge in [-0.3, -0.25) is 14.4 Å². The van der Waals surface area contributed by atoms with Gasteiger partial charge >= 0.3 is 5.97 Å². The van der Waals surface area contributed by atoms with Crippen molar-refractivity contribution in [3.8, 4) is 0 Å². The average molecular weight is 330 g/mol. The van der Waals surface area contributed by atoms with Crippen molar-refractivity contribution in [2.24, 2.45) is 5.41 Å². The van der Waals surface area contributed by atoms with E-state index in [-0.39, 0.29) is 18.4 Å². The third-order valence-corrected chi connectivity index (χ3v) is 5.02. The highest BCUT2D eigenvalue weighted by atomic mass is 16.4. The molecule has 0 aromatic heterocycles. The van der Waals surface area contributed by atoms with Crippen LogP contribution in [0.4, 0.5) is 0 Å². The first-order chi connectivity index (χ1) is 11.4. The molecule has 1 aromatic rings. The summed E-state index contributed by atoms with van der Waals surface area (Å²) in [6, 6.07) is 7.25. The Morgan fingerprint density at radius 3 is 2.46 bits per heavy atom. The SMILES string of the molecule is CC1(C(=O)O)CCN(C(=O)c2ccc(CN3CCCC3=O)cc2)C1. The molecule has 6 nitrogen and oxygen atoms in total.